The topological polar surface area (TPSA) is 70.1 Å². The quantitative estimate of drug-likeness (QED) is 0.812. The first-order valence-electron chi connectivity index (χ1n) is 6.18. The van der Waals surface area contributed by atoms with E-state index in [0.29, 0.717) is 17.7 Å². The SMILES string of the molecule is C[C@@H]1C[C@H](N)CCN1C(=O)c1ccc(C#N)cc1. The van der Waals surface area contributed by atoms with Crippen LogP contribution in [0.25, 0.3) is 0 Å². The van der Waals surface area contributed by atoms with Gasteiger partial charge in [-0.15, -0.1) is 0 Å². The highest BCUT2D eigenvalue weighted by Gasteiger charge is 2.27. The lowest BCUT2D eigenvalue weighted by Gasteiger charge is -2.36. The van der Waals surface area contributed by atoms with Gasteiger partial charge in [-0.3, -0.25) is 4.79 Å². The maximum Gasteiger partial charge on any atom is 0.254 e. The van der Waals surface area contributed by atoms with Crippen molar-refractivity contribution in [1.29, 1.82) is 5.26 Å². The molecule has 0 saturated carbocycles. The van der Waals surface area contributed by atoms with E-state index in [1.165, 1.54) is 0 Å². The minimum Gasteiger partial charge on any atom is -0.336 e. The molecule has 0 radical (unpaired) electrons. The van der Waals surface area contributed by atoms with E-state index in [1.807, 2.05) is 17.9 Å². The molecule has 0 unspecified atom stereocenters. The molecule has 1 aromatic carbocycles. The summed E-state index contributed by atoms with van der Waals surface area (Å²) in [7, 11) is 0. The van der Waals surface area contributed by atoms with Crippen molar-refractivity contribution in [2.75, 3.05) is 6.54 Å². The van der Waals surface area contributed by atoms with Crippen LogP contribution < -0.4 is 5.73 Å². The van der Waals surface area contributed by atoms with Crippen LogP contribution in [0.2, 0.25) is 0 Å². The van der Waals surface area contributed by atoms with Gasteiger partial charge in [-0.05, 0) is 44.0 Å². The predicted molar refractivity (Wildman–Crippen MR) is 68.9 cm³/mol. The Hall–Kier alpha value is -1.86. The number of likely N-dealkylation sites (tertiary alicyclic amines) is 1. The van der Waals surface area contributed by atoms with Gasteiger partial charge in [0.1, 0.15) is 0 Å². The minimum atomic E-state index is 0.0267. The number of amides is 1. The van der Waals surface area contributed by atoms with Crippen molar-refractivity contribution >= 4 is 5.91 Å². The Bertz CT molecular complexity index is 475. The van der Waals surface area contributed by atoms with Gasteiger partial charge in [0.2, 0.25) is 0 Å². The second-order valence-electron chi connectivity index (χ2n) is 4.82. The maximum atomic E-state index is 12.3. The van der Waals surface area contributed by atoms with Gasteiger partial charge < -0.3 is 10.6 Å². The van der Waals surface area contributed by atoms with Crippen LogP contribution in [-0.2, 0) is 0 Å². The lowest BCUT2D eigenvalue weighted by molar-refractivity contribution is 0.0619. The van der Waals surface area contributed by atoms with Crippen molar-refractivity contribution in [3.05, 3.63) is 35.4 Å². The molecular weight excluding hydrogens is 226 g/mol. The number of piperidine rings is 1. The number of nitrogens with two attached hydrogens (primary N) is 1. The lowest BCUT2D eigenvalue weighted by Crippen LogP contribution is -2.48. The molecule has 0 aliphatic carbocycles. The number of nitriles is 1. The van der Waals surface area contributed by atoms with Crippen LogP contribution in [0.1, 0.15) is 35.7 Å². The molecule has 2 N–H and O–H groups in total. The van der Waals surface area contributed by atoms with Gasteiger partial charge in [-0.25, -0.2) is 0 Å². The van der Waals surface area contributed by atoms with Gasteiger partial charge >= 0.3 is 0 Å². The number of hydrogen-bond acceptors (Lipinski definition) is 3. The summed E-state index contributed by atoms with van der Waals surface area (Å²) in [5.41, 5.74) is 7.10. The highest BCUT2D eigenvalue weighted by Crippen LogP contribution is 2.19. The zero-order valence-electron chi connectivity index (χ0n) is 10.5. The van der Waals surface area contributed by atoms with Gasteiger partial charge in [-0.2, -0.15) is 5.26 Å². The maximum absolute atomic E-state index is 12.3. The first-order chi connectivity index (χ1) is 8.61. The predicted octanol–water partition coefficient (Wildman–Crippen LogP) is 1.51. The number of carbonyl (C=O) groups excluding carboxylic acids is 1. The van der Waals surface area contributed by atoms with E-state index in [4.69, 9.17) is 11.0 Å². The standard InChI is InChI=1S/C14H17N3O/c1-10-8-13(16)6-7-17(10)14(18)12-4-2-11(9-15)3-5-12/h2-5,10,13H,6-8,16H2,1H3/t10-,13-/m1/s1. The summed E-state index contributed by atoms with van der Waals surface area (Å²) in [6.45, 7) is 2.74. The number of rotatable bonds is 1. The molecule has 4 heteroatoms. The Morgan fingerprint density at radius 3 is 2.67 bits per heavy atom. The molecule has 0 spiro atoms. The summed E-state index contributed by atoms with van der Waals surface area (Å²) in [5.74, 6) is 0.0267. The molecule has 0 aromatic heterocycles. The Morgan fingerprint density at radius 2 is 2.11 bits per heavy atom. The molecule has 1 heterocycles. The molecule has 1 saturated heterocycles. The summed E-state index contributed by atoms with van der Waals surface area (Å²) >= 11 is 0. The fourth-order valence-electron chi connectivity index (χ4n) is 2.36. The van der Waals surface area contributed by atoms with Crippen LogP contribution >= 0.6 is 0 Å². The third kappa shape index (κ3) is 2.52. The fourth-order valence-corrected chi connectivity index (χ4v) is 2.36. The number of nitrogens with zero attached hydrogens (tertiary/aromatic N) is 2. The first-order valence-corrected chi connectivity index (χ1v) is 6.18. The van der Waals surface area contributed by atoms with Crippen molar-refractivity contribution in [1.82, 2.24) is 4.90 Å². The van der Waals surface area contributed by atoms with Gasteiger partial charge in [0.15, 0.2) is 0 Å². The normalized spacial score (nSPS) is 23.5. The van der Waals surface area contributed by atoms with Crippen LogP contribution in [0.5, 0.6) is 0 Å². The van der Waals surface area contributed by atoms with E-state index in [2.05, 4.69) is 0 Å². The Morgan fingerprint density at radius 1 is 1.44 bits per heavy atom. The highest BCUT2D eigenvalue weighted by molar-refractivity contribution is 5.94. The van der Waals surface area contributed by atoms with Gasteiger partial charge in [-0.1, -0.05) is 0 Å². The Kier molecular flexibility index (Phi) is 3.63. The highest BCUT2D eigenvalue weighted by atomic mass is 16.2. The number of benzene rings is 1. The minimum absolute atomic E-state index is 0.0267. The fraction of sp³-hybridized carbons (Fsp3) is 0.429. The molecule has 2 rings (SSSR count). The molecule has 1 amide bonds. The smallest absolute Gasteiger partial charge is 0.254 e. The number of carbonyl (C=O) groups is 1. The zero-order chi connectivity index (χ0) is 13.1. The summed E-state index contributed by atoms with van der Waals surface area (Å²) < 4.78 is 0. The third-order valence-corrected chi connectivity index (χ3v) is 3.44. The second kappa shape index (κ2) is 5.19. The summed E-state index contributed by atoms with van der Waals surface area (Å²) in [5, 5.41) is 8.73. The molecule has 2 atom stereocenters. The van der Waals surface area contributed by atoms with Gasteiger partial charge in [0.25, 0.3) is 5.91 Å². The number of hydrogen-bond donors (Lipinski definition) is 1. The largest absolute Gasteiger partial charge is 0.336 e. The molecule has 94 valence electrons. The van der Waals surface area contributed by atoms with E-state index < -0.39 is 0 Å². The lowest BCUT2D eigenvalue weighted by atomic mass is 9.98. The van der Waals surface area contributed by atoms with E-state index >= 15 is 0 Å². The first kappa shape index (κ1) is 12.6. The molecule has 0 bridgehead atoms. The van der Waals surface area contributed by atoms with Crippen molar-refractivity contribution < 1.29 is 4.79 Å². The van der Waals surface area contributed by atoms with E-state index in [9.17, 15) is 4.79 Å². The summed E-state index contributed by atoms with van der Waals surface area (Å²) in [6, 6.07) is 9.19. The van der Waals surface area contributed by atoms with Crippen LogP contribution in [0.15, 0.2) is 24.3 Å². The average molecular weight is 243 g/mol. The van der Waals surface area contributed by atoms with Gasteiger partial charge in [0, 0.05) is 24.2 Å². The average Bonchev–Trinajstić information content (AvgIpc) is 2.38. The van der Waals surface area contributed by atoms with E-state index in [1.54, 1.807) is 24.3 Å². The molecule has 1 fully saturated rings. The molecule has 1 aliphatic rings. The Balaban J connectivity index is 2.13. The molecular formula is C14H17N3O. The molecule has 1 aliphatic heterocycles. The van der Waals surface area contributed by atoms with Crippen molar-refractivity contribution in [3.8, 4) is 6.07 Å². The molecule has 1 aromatic rings. The summed E-state index contributed by atoms with van der Waals surface area (Å²) in [6.07, 6.45) is 1.70. The summed E-state index contributed by atoms with van der Waals surface area (Å²) in [4.78, 5) is 14.2. The van der Waals surface area contributed by atoms with Crippen molar-refractivity contribution in [2.24, 2.45) is 5.73 Å². The van der Waals surface area contributed by atoms with Crippen molar-refractivity contribution in [3.63, 3.8) is 0 Å². The van der Waals surface area contributed by atoms with E-state index in [-0.39, 0.29) is 18.0 Å². The van der Waals surface area contributed by atoms with Gasteiger partial charge in [0.05, 0.1) is 11.6 Å². The van der Waals surface area contributed by atoms with Crippen LogP contribution in [0.4, 0.5) is 0 Å². The molecule has 4 nitrogen and oxygen atoms in total. The third-order valence-electron chi connectivity index (χ3n) is 3.44. The monoisotopic (exact) mass is 243 g/mol. The zero-order valence-corrected chi connectivity index (χ0v) is 10.5. The van der Waals surface area contributed by atoms with Crippen LogP contribution in [0, 0.1) is 11.3 Å². The molecule has 18 heavy (non-hydrogen) atoms. The Labute approximate surface area is 107 Å². The van der Waals surface area contributed by atoms with Crippen molar-refractivity contribution in [2.45, 2.75) is 31.8 Å². The second-order valence-corrected chi connectivity index (χ2v) is 4.82. The van der Waals surface area contributed by atoms with Crippen LogP contribution in [0.3, 0.4) is 0 Å². The van der Waals surface area contributed by atoms with E-state index in [0.717, 1.165) is 12.8 Å². The van der Waals surface area contributed by atoms with Crippen LogP contribution in [-0.4, -0.2) is 29.4 Å².